The summed E-state index contributed by atoms with van der Waals surface area (Å²) in [5.74, 6) is 0.530. The zero-order valence-corrected chi connectivity index (χ0v) is 13.5. The van der Waals surface area contributed by atoms with E-state index in [1.54, 1.807) is 0 Å². The quantitative estimate of drug-likeness (QED) is 0.877. The number of carbonyl (C=O) groups is 1. The fraction of sp³-hybridized carbons (Fsp3) is 0.562. The predicted octanol–water partition coefficient (Wildman–Crippen LogP) is 2.33. The molecule has 0 aliphatic carbocycles. The van der Waals surface area contributed by atoms with Gasteiger partial charge >= 0.3 is 0 Å². The Morgan fingerprint density at radius 2 is 2.33 bits per heavy atom. The van der Waals surface area contributed by atoms with Crippen molar-refractivity contribution >= 4 is 23.2 Å². The van der Waals surface area contributed by atoms with Gasteiger partial charge in [0.15, 0.2) is 0 Å². The van der Waals surface area contributed by atoms with Gasteiger partial charge in [0.1, 0.15) is 0 Å². The number of halogens is 1. The van der Waals surface area contributed by atoms with Crippen molar-refractivity contribution < 1.29 is 4.79 Å². The molecule has 2 atom stereocenters. The van der Waals surface area contributed by atoms with E-state index < -0.39 is 0 Å². The van der Waals surface area contributed by atoms with Crippen molar-refractivity contribution in [2.75, 3.05) is 24.5 Å². The lowest BCUT2D eigenvalue weighted by molar-refractivity contribution is -0.121. The Morgan fingerprint density at radius 3 is 3.05 bits per heavy atom. The number of amides is 1. The van der Waals surface area contributed by atoms with Crippen molar-refractivity contribution in [2.45, 2.75) is 32.7 Å². The van der Waals surface area contributed by atoms with Crippen LogP contribution in [-0.2, 0) is 4.79 Å². The third-order valence-electron chi connectivity index (χ3n) is 3.89. The normalized spacial score (nSPS) is 19.6. The lowest BCUT2D eigenvalue weighted by atomic mass is 10.1. The number of hydrogen-bond acceptors (Lipinski definition) is 3. The summed E-state index contributed by atoms with van der Waals surface area (Å²) in [5.41, 5.74) is 8.06. The number of benzene rings is 1. The molecule has 1 aliphatic heterocycles. The molecular weight excluding hydrogens is 286 g/mol. The zero-order chi connectivity index (χ0) is 15.4. The maximum absolute atomic E-state index is 11.6. The maximum atomic E-state index is 11.6. The topological polar surface area (TPSA) is 58.4 Å². The second-order valence-corrected chi connectivity index (χ2v) is 6.45. The Balaban J connectivity index is 1.86. The molecule has 1 fully saturated rings. The van der Waals surface area contributed by atoms with E-state index in [2.05, 4.69) is 23.2 Å². The van der Waals surface area contributed by atoms with Gasteiger partial charge in [-0.05, 0) is 43.9 Å². The third kappa shape index (κ3) is 4.61. The van der Waals surface area contributed by atoms with E-state index in [0.29, 0.717) is 12.3 Å². The molecule has 1 aliphatic rings. The van der Waals surface area contributed by atoms with E-state index in [1.165, 1.54) is 11.3 Å². The molecule has 3 N–H and O–H groups in total. The molecule has 0 saturated carbocycles. The highest BCUT2D eigenvalue weighted by Crippen LogP contribution is 2.29. The average molecular weight is 310 g/mol. The van der Waals surface area contributed by atoms with Gasteiger partial charge in [0.25, 0.3) is 0 Å². The molecule has 2 rings (SSSR count). The average Bonchev–Trinajstić information content (AvgIpc) is 2.87. The number of nitrogens with zero attached hydrogens (tertiary/aromatic N) is 1. The van der Waals surface area contributed by atoms with E-state index in [4.69, 9.17) is 17.3 Å². The van der Waals surface area contributed by atoms with E-state index in [1.807, 2.05) is 19.1 Å². The Labute approximate surface area is 131 Å². The van der Waals surface area contributed by atoms with Crippen LogP contribution in [0.25, 0.3) is 0 Å². The number of anilines is 1. The summed E-state index contributed by atoms with van der Waals surface area (Å²) in [5, 5.41) is 3.75. The van der Waals surface area contributed by atoms with Gasteiger partial charge in [-0.3, -0.25) is 4.79 Å². The third-order valence-corrected chi connectivity index (χ3v) is 4.13. The van der Waals surface area contributed by atoms with E-state index >= 15 is 0 Å². The number of nitrogens with one attached hydrogen (secondary N) is 1. The number of aryl methyl sites for hydroxylation is 1. The second-order valence-electron chi connectivity index (χ2n) is 6.02. The summed E-state index contributed by atoms with van der Waals surface area (Å²) in [7, 11) is 0. The minimum atomic E-state index is -0.0841. The van der Waals surface area contributed by atoms with Crippen LogP contribution in [0.2, 0.25) is 5.02 Å². The standard InChI is InChI=1S/C16H24ClN3O/c1-11-3-4-14(17)8-15(11)20-6-5-13(10-20)9-19-16(21)7-12(2)18/h3-4,8,12-13H,5-7,9-10,18H2,1-2H3,(H,19,21). The van der Waals surface area contributed by atoms with Crippen molar-refractivity contribution in [1.29, 1.82) is 0 Å². The maximum Gasteiger partial charge on any atom is 0.221 e. The first-order chi connectivity index (χ1) is 9.95. The lowest BCUT2D eigenvalue weighted by Crippen LogP contribution is -2.34. The van der Waals surface area contributed by atoms with Gasteiger partial charge in [-0.15, -0.1) is 0 Å². The molecule has 1 heterocycles. The van der Waals surface area contributed by atoms with Crippen molar-refractivity contribution in [1.82, 2.24) is 5.32 Å². The highest BCUT2D eigenvalue weighted by Gasteiger charge is 2.24. The molecule has 0 radical (unpaired) electrons. The first kappa shape index (κ1) is 16.1. The number of rotatable bonds is 5. The molecule has 5 heteroatoms. The molecule has 116 valence electrons. The van der Waals surface area contributed by atoms with Crippen LogP contribution in [0.15, 0.2) is 18.2 Å². The van der Waals surface area contributed by atoms with Crippen molar-refractivity contribution in [3.05, 3.63) is 28.8 Å². The highest BCUT2D eigenvalue weighted by atomic mass is 35.5. The molecule has 0 aromatic heterocycles. The van der Waals surface area contributed by atoms with E-state index in [0.717, 1.165) is 31.1 Å². The first-order valence-electron chi connectivity index (χ1n) is 7.49. The molecule has 4 nitrogen and oxygen atoms in total. The molecule has 0 spiro atoms. The van der Waals surface area contributed by atoms with Crippen molar-refractivity contribution in [3.8, 4) is 0 Å². The van der Waals surface area contributed by atoms with Crippen molar-refractivity contribution in [3.63, 3.8) is 0 Å². The number of carbonyl (C=O) groups excluding carboxylic acids is 1. The summed E-state index contributed by atoms with van der Waals surface area (Å²) < 4.78 is 0. The van der Waals surface area contributed by atoms with Gasteiger partial charge in [-0.2, -0.15) is 0 Å². The molecule has 1 amide bonds. The summed E-state index contributed by atoms with van der Waals surface area (Å²) in [6.45, 7) is 6.64. The van der Waals surface area contributed by atoms with Crippen LogP contribution >= 0.6 is 11.6 Å². The monoisotopic (exact) mass is 309 g/mol. The van der Waals surface area contributed by atoms with Crippen LogP contribution in [-0.4, -0.2) is 31.6 Å². The minimum Gasteiger partial charge on any atom is -0.371 e. The molecule has 1 aromatic carbocycles. The Bertz CT molecular complexity index is 504. The van der Waals surface area contributed by atoms with Crippen LogP contribution in [0.1, 0.15) is 25.3 Å². The molecule has 1 aromatic rings. The second kappa shape index (κ2) is 7.14. The van der Waals surface area contributed by atoms with Crippen LogP contribution in [0.5, 0.6) is 0 Å². The van der Waals surface area contributed by atoms with Crippen LogP contribution < -0.4 is 16.0 Å². The lowest BCUT2D eigenvalue weighted by Gasteiger charge is -2.21. The Morgan fingerprint density at radius 1 is 1.57 bits per heavy atom. The first-order valence-corrected chi connectivity index (χ1v) is 7.87. The van der Waals surface area contributed by atoms with Crippen LogP contribution in [0.4, 0.5) is 5.69 Å². The number of nitrogens with two attached hydrogens (primary N) is 1. The molecule has 21 heavy (non-hydrogen) atoms. The summed E-state index contributed by atoms with van der Waals surface area (Å²) in [4.78, 5) is 14.0. The Hall–Kier alpha value is -1.26. The molecular formula is C16H24ClN3O. The minimum absolute atomic E-state index is 0.0439. The SMILES string of the molecule is Cc1ccc(Cl)cc1N1CCC(CNC(=O)CC(C)N)C1. The van der Waals surface area contributed by atoms with Crippen molar-refractivity contribution in [2.24, 2.45) is 11.7 Å². The van der Waals surface area contributed by atoms with E-state index in [-0.39, 0.29) is 11.9 Å². The fourth-order valence-electron chi connectivity index (χ4n) is 2.76. The molecule has 0 bridgehead atoms. The largest absolute Gasteiger partial charge is 0.371 e. The predicted molar refractivity (Wildman–Crippen MR) is 87.8 cm³/mol. The van der Waals surface area contributed by atoms with Crippen LogP contribution in [0, 0.1) is 12.8 Å². The Kier molecular flexibility index (Phi) is 5.48. The summed E-state index contributed by atoms with van der Waals surface area (Å²) in [6.07, 6.45) is 1.48. The van der Waals surface area contributed by atoms with E-state index in [9.17, 15) is 4.79 Å². The van der Waals surface area contributed by atoms with Gasteiger partial charge in [0.2, 0.25) is 5.91 Å². The smallest absolute Gasteiger partial charge is 0.221 e. The summed E-state index contributed by atoms with van der Waals surface area (Å²) in [6, 6.07) is 5.91. The summed E-state index contributed by atoms with van der Waals surface area (Å²) >= 11 is 6.09. The van der Waals surface area contributed by atoms with Gasteiger partial charge in [-0.25, -0.2) is 0 Å². The van der Waals surface area contributed by atoms with Gasteiger partial charge < -0.3 is 16.0 Å². The van der Waals surface area contributed by atoms with Gasteiger partial charge in [0.05, 0.1) is 0 Å². The highest BCUT2D eigenvalue weighted by molar-refractivity contribution is 6.30. The van der Waals surface area contributed by atoms with Crippen LogP contribution in [0.3, 0.4) is 0 Å². The molecule has 1 saturated heterocycles. The van der Waals surface area contributed by atoms with Gasteiger partial charge in [0, 0.05) is 42.8 Å². The van der Waals surface area contributed by atoms with Gasteiger partial charge in [-0.1, -0.05) is 17.7 Å². The fourth-order valence-corrected chi connectivity index (χ4v) is 2.93. The molecule has 2 unspecified atom stereocenters. The number of hydrogen-bond donors (Lipinski definition) is 2. The zero-order valence-electron chi connectivity index (χ0n) is 12.7.